The zero-order valence-electron chi connectivity index (χ0n) is 13.2. The van der Waals surface area contributed by atoms with Gasteiger partial charge in [-0.25, -0.2) is 4.68 Å². The van der Waals surface area contributed by atoms with Gasteiger partial charge in [-0.2, -0.15) is 5.10 Å². The SMILES string of the molecule is CC(=O)N[C@@H](CCC(N)=O)C(=O)Nc1ccnn1C1CCCC1. The normalized spacial score (nSPS) is 16.0. The molecule has 0 unspecified atom stereocenters. The molecule has 126 valence electrons. The number of amides is 3. The summed E-state index contributed by atoms with van der Waals surface area (Å²) in [6, 6.07) is 1.23. The van der Waals surface area contributed by atoms with Gasteiger partial charge in [-0.3, -0.25) is 14.4 Å². The number of anilines is 1. The Morgan fingerprint density at radius 3 is 2.70 bits per heavy atom. The Labute approximate surface area is 134 Å². The number of nitrogens with zero attached hydrogens (tertiary/aromatic N) is 2. The quantitative estimate of drug-likeness (QED) is 0.685. The van der Waals surface area contributed by atoms with E-state index in [1.165, 1.54) is 6.92 Å². The van der Waals surface area contributed by atoms with E-state index in [0.717, 1.165) is 25.7 Å². The summed E-state index contributed by atoms with van der Waals surface area (Å²) < 4.78 is 1.82. The Morgan fingerprint density at radius 2 is 2.09 bits per heavy atom. The van der Waals surface area contributed by atoms with E-state index >= 15 is 0 Å². The van der Waals surface area contributed by atoms with E-state index in [4.69, 9.17) is 5.73 Å². The maximum Gasteiger partial charge on any atom is 0.248 e. The zero-order valence-corrected chi connectivity index (χ0v) is 13.2. The van der Waals surface area contributed by atoms with Crippen LogP contribution in [0, 0.1) is 0 Å². The van der Waals surface area contributed by atoms with Crippen molar-refractivity contribution < 1.29 is 14.4 Å². The number of carbonyl (C=O) groups is 3. The predicted octanol–water partition coefficient (Wildman–Crippen LogP) is 0.707. The van der Waals surface area contributed by atoms with Crippen LogP contribution in [0.5, 0.6) is 0 Å². The molecule has 1 aliphatic rings. The first-order valence-corrected chi connectivity index (χ1v) is 7.87. The smallest absolute Gasteiger partial charge is 0.248 e. The minimum Gasteiger partial charge on any atom is -0.370 e. The Morgan fingerprint density at radius 1 is 1.39 bits per heavy atom. The molecule has 1 saturated carbocycles. The third-order valence-corrected chi connectivity index (χ3v) is 3.97. The van der Waals surface area contributed by atoms with E-state index in [9.17, 15) is 14.4 Å². The molecule has 0 saturated heterocycles. The van der Waals surface area contributed by atoms with E-state index in [2.05, 4.69) is 15.7 Å². The number of primary amides is 1. The Hall–Kier alpha value is -2.38. The topological polar surface area (TPSA) is 119 Å². The first-order chi connectivity index (χ1) is 11.0. The van der Waals surface area contributed by atoms with E-state index in [-0.39, 0.29) is 24.7 Å². The largest absolute Gasteiger partial charge is 0.370 e. The summed E-state index contributed by atoms with van der Waals surface area (Å²) in [4.78, 5) is 34.6. The first kappa shape index (κ1) is 17.0. The molecule has 1 fully saturated rings. The Bertz CT molecular complexity index is 577. The highest BCUT2D eigenvalue weighted by atomic mass is 16.2. The number of aromatic nitrogens is 2. The molecule has 8 heteroatoms. The minimum atomic E-state index is -0.799. The van der Waals surface area contributed by atoms with Crippen LogP contribution in [0.25, 0.3) is 0 Å². The van der Waals surface area contributed by atoms with Crippen molar-refractivity contribution >= 4 is 23.5 Å². The van der Waals surface area contributed by atoms with Crippen LogP contribution in [-0.4, -0.2) is 33.5 Å². The van der Waals surface area contributed by atoms with E-state index < -0.39 is 11.9 Å². The van der Waals surface area contributed by atoms with Gasteiger partial charge in [0.2, 0.25) is 17.7 Å². The lowest BCUT2D eigenvalue weighted by Crippen LogP contribution is -2.43. The number of rotatable bonds is 7. The molecule has 23 heavy (non-hydrogen) atoms. The lowest BCUT2D eigenvalue weighted by atomic mass is 10.1. The van der Waals surface area contributed by atoms with Crippen LogP contribution in [0.3, 0.4) is 0 Å². The van der Waals surface area contributed by atoms with Gasteiger partial charge in [0.15, 0.2) is 0 Å². The van der Waals surface area contributed by atoms with Crippen molar-refractivity contribution in [2.75, 3.05) is 5.32 Å². The molecular formula is C15H23N5O3. The summed E-state index contributed by atoms with van der Waals surface area (Å²) in [6.07, 6.45) is 6.24. The summed E-state index contributed by atoms with van der Waals surface area (Å²) in [5, 5.41) is 9.63. The second-order valence-electron chi connectivity index (χ2n) is 5.85. The van der Waals surface area contributed by atoms with Crippen LogP contribution >= 0.6 is 0 Å². The van der Waals surface area contributed by atoms with Crippen molar-refractivity contribution in [3.05, 3.63) is 12.3 Å². The van der Waals surface area contributed by atoms with Crippen LogP contribution in [0.4, 0.5) is 5.82 Å². The average Bonchev–Trinajstić information content (AvgIpc) is 3.13. The molecule has 8 nitrogen and oxygen atoms in total. The number of nitrogens with two attached hydrogens (primary N) is 1. The van der Waals surface area contributed by atoms with Gasteiger partial charge < -0.3 is 16.4 Å². The maximum absolute atomic E-state index is 12.4. The fraction of sp³-hybridized carbons (Fsp3) is 0.600. The summed E-state index contributed by atoms with van der Waals surface area (Å²) in [5.74, 6) is -0.611. The molecule has 0 radical (unpaired) electrons. The fourth-order valence-corrected chi connectivity index (χ4v) is 2.87. The maximum atomic E-state index is 12.4. The predicted molar refractivity (Wildman–Crippen MR) is 84.4 cm³/mol. The van der Waals surface area contributed by atoms with Crippen LogP contribution in [-0.2, 0) is 14.4 Å². The Balaban J connectivity index is 2.04. The number of nitrogens with one attached hydrogen (secondary N) is 2. The van der Waals surface area contributed by atoms with Crippen LogP contribution in [0.2, 0.25) is 0 Å². The lowest BCUT2D eigenvalue weighted by Gasteiger charge is -2.19. The van der Waals surface area contributed by atoms with Crippen molar-refractivity contribution in [1.29, 1.82) is 0 Å². The van der Waals surface area contributed by atoms with Gasteiger partial charge >= 0.3 is 0 Å². The minimum absolute atomic E-state index is 0.0280. The number of hydrogen-bond acceptors (Lipinski definition) is 4. The molecule has 1 heterocycles. The van der Waals surface area contributed by atoms with Gasteiger partial charge in [0.25, 0.3) is 0 Å². The molecule has 0 aliphatic heterocycles. The van der Waals surface area contributed by atoms with E-state index in [1.54, 1.807) is 12.3 Å². The molecule has 1 aromatic heterocycles. The molecule has 1 aliphatic carbocycles. The second kappa shape index (κ2) is 7.75. The van der Waals surface area contributed by atoms with Gasteiger partial charge in [-0.05, 0) is 19.3 Å². The third kappa shape index (κ3) is 4.80. The van der Waals surface area contributed by atoms with Gasteiger partial charge in [0.05, 0.1) is 12.2 Å². The number of hydrogen-bond donors (Lipinski definition) is 3. The second-order valence-corrected chi connectivity index (χ2v) is 5.85. The first-order valence-electron chi connectivity index (χ1n) is 7.87. The van der Waals surface area contributed by atoms with Crippen molar-refractivity contribution in [2.24, 2.45) is 5.73 Å². The van der Waals surface area contributed by atoms with Crippen molar-refractivity contribution in [3.63, 3.8) is 0 Å². The third-order valence-electron chi connectivity index (χ3n) is 3.97. The van der Waals surface area contributed by atoms with Crippen molar-refractivity contribution in [1.82, 2.24) is 15.1 Å². The van der Waals surface area contributed by atoms with Crippen molar-refractivity contribution in [3.8, 4) is 0 Å². The van der Waals surface area contributed by atoms with Gasteiger partial charge in [0.1, 0.15) is 11.9 Å². The zero-order chi connectivity index (χ0) is 16.8. The molecule has 0 spiro atoms. The van der Waals surface area contributed by atoms with Crippen molar-refractivity contribution in [2.45, 2.75) is 57.5 Å². The summed E-state index contributed by atoms with van der Waals surface area (Å²) in [7, 11) is 0. The van der Waals surface area contributed by atoms with Gasteiger partial charge in [0, 0.05) is 19.4 Å². The van der Waals surface area contributed by atoms with Gasteiger partial charge in [-0.15, -0.1) is 0 Å². The summed E-state index contributed by atoms with van der Waals surface area (Å²) in [5.41, 5.74) is 5.12. The standard InChI is InChI=1S/C15H23N5O3/c1-10(21)18-12(6-7-13(16)22)15(23)19-14-8-9-17-20(14)11-4-2-3-5-11/h8-9,11-12H,2-7H2,1H3,(H2,16,22)(H,18,21)(H,19,23)/t12-/m0/s1. The highest BCUT2D eigenvalue weighted by molar-refractivity contribution is 5.96. The fourth-order valence-electron chi connectivity index (χ4n) is 2.87. The Kier molecular flexibility index (Phi) is 5.72. The van der Waals surface area contributed by atoms with Crippen LogP contribution in [0.1, 0.15) is 51.5 Å². The molecule has 2 rings (SSSR count). The molecule has 0 bridgehead atoms. The van der Waals surface area contributed by atoms with E-state index in [1.807, 2.05) is 4.68 Å². The lowest BCUT2D eigenvalue weighted by molar-refractivity contribution is -0.126. The molecule has 0 aromatic carbocycles. The van der Waals surface area contributed by atoms with Crippen LogP contribution < -0.4 is 16.4 Å². The van der Waals surface area contributed by atoms with E-state index in [0.29, 0.717) is 11.9 Å². The molecule has 4 N–H and O–H groups in total. The number of carbonyl (C=O) groups excluding carboxylic acids is 3. The summed E-state index contributed by atoms with van der Waals surface area (Å²) >= 11 is 0. The average molecular weight is 321 g/mol. The molecule has 3 amide bonds. The highest BCUT2D eigenvalue weighted by Crippen LogP contribution is 2.31. The van der Waals surface area contributed by atoms with Gasteiger partial charge in [-0.1, -0.05) is 12.8 Å². The van der Waals surface area contributed by atoms with Crippen LogP contribution in [0.15, 0.2) is 12.3 Å². The molecule has 1 aromatic rings. The summed E-state index contributed by atoms with van der Waals surface area (Å²) in [6.45, 7) is 1.33. The highest BCUT2D eigenvalue weighted by Gasteiger charge is 2.24. The molecule has 1 atom stereocenters. The monoisotopic (exact) mass is 321 g/mol. The molecular weight excluding hydrogens is 298 g/mol.